The van der Waals surface area contributed by atoms with E-state index in [9.17, 15) is 9.59 Å². The van der Waals surface area contributed by atoms with E-state index in [1.54, 1.807) is 19.1 Å². The number of carbonyl (C=O) groups excluding carboxylic acids is 2. The Balaban J connectivity index is 1.53. The van der Waals surface area contributed by atoms with Crippen LogP contribution in [-0.2, 0) is 19.1 Å². The number of hydrogen-bond acceptors (Lipinski definition) is 3. The number of piperidine rings is 1. The van der Waals surface area contributed by atoms with Crippen molar-refractivity contribution >= 4 is 45.8 Å². The van der Waals surface area contributed by atoms with Crippen molar-refractivity contribution in [2.45, 2.75) is 31.8 Å². The number of Topliss-reactive ketones (excluding diaryl/α,β-unsaturated/α-hetero) is 1. The van der Waals surface area contributed by atoms with Gasteiger partial charge in [-0.05, 0) is 61.7 Å². The SMILES string of the molecule is CC(=O)c1cccc(C2(NC(=O)c3cc4c(Cl)c(Cl)ccc4n3C)CCCN(Cc3ccccc3)C2)c1. The highest BCUT2D eigenvalue weighted by molar-refractivity contribution is 6.45. The van der Waals surface area contributed by atoms with Gasteiger partial charge in [-0.25, -0.2) is 0 Å². The van der Waals surface area contributed by atoms with Gasteiger partial charge in [-0.1, -0.05) is 71.7 Å². The van der Waals surface area contributed by atoms with Crippen LogP contribution in [0.25, 0.3) is 10.9 Å². The molecule has 0 spiro atoms. The Labute approximate surface area is 227 Å². The van der Waals surface area contributed by atoms with E-state index in [4.69, 9.17) is 23.2 Å². The minimum Gasteiger partial charge on any atom is -0.340 e. The third kappa shape index (κ3) is 5.04. The van der Waals surface area contributed by atoms with E-state index in [0.717, 1.165) is 42.4 Å². The van der Waals surface area contributed by atoms with Gasteiger partial charge in [0.05, 0.1) is 15.6 Å². The van der Waals surface area contributed by atoms with Crippen LogP contribution < -0.4 is 5.32 Å². The Morgan fingerprint density at radius 3 is 2.54 bits per heavy atom. The monoisotopic (exact) mass is 533 g/mol. The number of hydrogen-bond donors (Lipinski definition) is 1. The molecule has 1 amide bonds. The summed E-state index contributed by atoms with van der Waals surface area (Å²) in [5.74, 6) is -0.193. The number of nitrogens with zero attached hydrogens (tertiary/aromatic N) is 2. The van der Waals surface area contributed by atoms with Crippen LogP contribution in [0.2, 0.25) is 10.0 Å². The van der Waals surface area contributed by atoms with Crippen molar-refractivity contribution in [1.82, 2.24) is 14.8 Å². The standard InChI is InChI=1S/C30H29Cl2N3O2/c1-20(36)22-10-6-11-23(16-22)30(14-7-15-35(19-30)18-21-8-4-3-5-9-21)33-29(37)27-17-24-26(34(27)2)13-12-25(31)28(24)32/h3-6,8-13,16-17H,7,14-15,18-19H2,1-2H3,(H,33,37). The summed E-state index contributed by atoms with van der Waals surface area (Å²) >= 11 is 12.7. The van der Waals surface area contributed by atoms with Crippen molar-refractivity contribution in [3.63, 3.8) is 0 Å². The quantitative estimate of drug-likeness (QED) is 0.283. The Morgan fingerprint density at radius 2 is 1.78 bits per heavy atom. The van der Waals surface area contributed by atoms with E-state index in [0.29, 0.717) is 27.8 Å². The van der Waals surface area contributed by atoms with E-state index in [1.165, 1.54) is 5.56 Å². The van der Waals surface area contributed by atoms with Crippen LogP contribution in [0.5, 0.6) is 0 Å². The molecule has 1 saturated heterocycles. The highest BCUT2D eigenvalue weighted by atomic mass is 35.5. The first-order valence-electron chi connectivity index (χ1n) is 12.4. The van der Waals surface area contributed by atoms with Gasteiger partial charge in [-0.2, -0.15) is 0 Å². The second kappa shape index (κ2) is 10.3. The second-order valence-corrected chi connectivity index (χ2v) is 10.6. The van der Waals surface area contributed by atoms with Gasteiger partial charge in [0, 0.05) is 36.6 Å². The number of aromatic nitrogens is 1. The zero-order valence-electron chi connectivity index (χ0n) is 20.9. The zero-order chi connectivity index (χ0) is 26.2. The molecule has 0 aliphatic carbocycles. The first-order chi connectivity index (χ1) is 17.8. The van der Waals surface area contributed by atoms with Gasteiger partial charge in [0.25, 0.3) is 5.91 Å². The Hall–Kier alpha value is -3.12. The van der Waals surface area contributed by atoms with Gasteiger partial charge in [-0.15, -0.1) is 0 Å². The molecule has 0 bridgehead atoms. The molecule has 3 aromatic carbocycles. The molecular weight excluding hydrogens is 505 g/mol. The molecule has 1 N–H and O–H groups in total. The average molecular weight is 534 g/mol. The molecule has 1 aliphatic rings. The van der Waals surface area contributed by atoms with E-state index < -0.39 is 5.54 Å². The highest BCUT2D eigenvalue weighted by Gasteiger charge is 2.39. The van der Waals surface area contributed by atoms with Crippen LogP contribution in [0.4, 0.5) is 0 Å². The van der Waals surface area contributed by atoms with Crippen molar-refractivity contribution in [3.8, 4) is 0 Å². The largest absolute Gasteiger partial charge is 0.340 e. The minimum absolute atomic E-state index is 0.000447. The average Bonchev–Trinajstić information content (AvgIpc) is 3.24. The lowest BCUT2D eigenvalue weighted by Crippen LogP contribution is -2.56. The fourth-order valence-electron chi connectivity index (χ4n) is 5.41. The van der Waals surface area contributed by atoms with E-state index in [1.807, 2.05) is 60.1 Å². The van der Waals surface area contributed by atoms with Crippen molar-refractivity contribution in [3.05, 3.63) is 105 Å². The molecule has 0 saturated carbocycles. The lowest BCUT2D eigenvalue weighted by atomic mass is 9.81. The van der Waals surface area contributed by atoms with Gasteiger partial charge < -0.3 is 9.88 Å². The third-order valence-corrected chi connectivity index (χ3v) is 8.16. The molecule has 4 aromatic rings. The molecule has 1 atom stereocenters. The summed E-state index contributed by atoms with van der Waals surface area (Å²) in [5, 5.41) is 5.02. The summed E-state index contributed by atoms with van der Waals surface area (Å²) in [6.07, 6.45) is 1.68. The van der Waals surface area contributed by atoms with Gasteiger partial charge in [0.2, 0.25) is 0 Å². The Morgan fingerprint density at radius 1 is 1.00 bits per heavy atom. The lowest BCUT2D eigenvalue weighted by molar-refractivity contribution is 0.0750. The van der Waals surface area contributed by atoms with Crippen molar-refractivity contribution in [1.29, 1.82) is 0 Å². The lowest BCUT2D eigenvalue weighted by Gasteiger charge is -2.44. The number of amides is 1. The van der Waals surface area contributed by atoms with E-state index >= 15 is 0 Å². The number of nitrogens with one attached hydrogen (secondary N) is 1. The summed E-state index contributed by atoms with van der Waals surface area (Å²) in [6.45, 7) is 3.91. The van der Waals surface area contributed by atoms with Crippen molar-refractivity contribution in [2.75, 3.05) is 13.1 Å². The predicted molar refractivity (Wildman–Crippen MR) is 149 cm³/mol. The van der Waals surface area contributed by atoms with E-state index in [-0.39, 0.29) is 11.7 Å². The molecule has 1 aliphatic heterocycles. The summed E-state index contributed by atoms with van der Waals surface area (Å²) in [7, 11) is 1.85. The number of benzene rings is 3. The Kier molecular flexibility index (Phi) is 7.13. The maximum Gasteiger partial charge on any atom is 0.268 e. The van der Waals surface area contributed by atoms with Crippen LogP contribution in [0.15, 0.2) is 72.8 Å². The first kappa shape index (κ1) is 25.5. The third-order valence-electron chi connectivity index (χ3n) is 7.34. The number of fused-ring (bicyclic) bond motifs is 1. The molecule has 5 rings (SSSR count). The summed E-state index contributed by atoms with van der Waals surface area (Å²) in [4.78, 5) is 28.5. The molecule has 1 unspecified atom stereocenters. The van der Waals surface area contributed by atoms with Gasteiger partial charge in [0.1, 0.15) is 5.69 Å². The summed E-state index contributed by atoms with van der Waals surface area (Å²) in [6, 6.07) is 23.4. The van der Waals surface area contributed by atoms with Crippen molar-refractivity contribution in [2.24, 2.45) is 7.05 Å². The number of ketones is 1. The summed E-state index contributed by atoms with van der Waals surface area (Å²) < 4.78 is 1.84. The second-order valence-electron chi connectivity index (χ2n) is 9.86. The number of halogens is 2. The minimum atomic E-state index is -0.659. The first-order valence-corrected chi connectivity index (χ1v) is 13.2. The predicted octanol–water partition coefficient (Wildman–Crippen LogP) is 6.61. The molecule has 5 nitrogen and oxygen atoms in total. The zero-order valence-corrected chi connectivity index (χ0v) is 22.4. The molecule has 190 valence electrons. The number of carbonyl (C=O) groups is 2. The van der Waals surface area contributed by atoms with Crippen LogP contribution in [0, 0.1) is 0 Å². The number of rotatable bonds is 6. The highest BCUT2D eigenvalue weighted by Crippen LogP contribution is 2.35. The molecule has 0 radical (unpaired) electrons. The maximum atomic E-state index is 13.9. The molecular formula is C30H29Cl2N3O2. The normalized spacial score (nSPS) is 18.2. The van der Waals surface area contributed by atoms with Crippen molar-refractivity contribution < 1.29 is 9.59 Å². The fourth-order valence-corrected chi connectivity index (χ4v) is 5.79. The van der Waals surface area contributed by atoms with Crippen LogP contribution in [-0.4, -0.2) is 34.2 Å². The van der Waals surface area contributed by atoms with E-state index in [2.05, 4.69) is 22.3 Å². The Bertz CT molecular complexity index is 1480. The summed E-state index contributed by atoms with van der Waals surface area (Å²) in [5.41, 5.74) is 3.47. The molecule has 7 heteroatoms. The number of aryl methyl sites for hydroxylation is 1. The van der Waals surface area contributed by atoms with Gasteiger partial charge >= 0.3 is 0 Å². The van der Waals surface area contributed by atoms with Gasteiger partial charge in [-0.3, -0.25) is 14.5 Å². The maximum absolute atomic E-state index is 13.9. The number of likely N-dealkylation sites (tertiary alicyclic amines) is 1. The topological polar surface area (TPSA) is 54.3 Å². The fraction of sp³-hybridized carbons (Fsp3) is 0.267. The van der Waals surface area contributed by atoms with Crippen LogP contribution >= 0.6 is 23.2 Å². The molecule has 2 heterocycles. The van der Waals surface area contributed by atoms with Gasteiger partial charge in [0.15, 0.2) is 5.78 Å². The van der Waals surface area contributed by atoms with Crippen LogP contribution in [0.3, 0.4) is 0 Å². The molecule has 1 fully saturated rings. The van der Waals surface area contributed by atoms with Crippen LogP contribution in [0.1, 0.15) is 51.7 Å². The smallest absolute Gasteiger partial charge is 0.268 e. The molecule has 1 aromatic heterocycles. The molecule has 37 heavy (non-hydrogen) atoms.